The van der Waals surface area contributed by atoms with Crippen molar-refractivity contribution >= 4 is 0 Å². The Hall–Kier alpha value is -0.930. The van der Waals surface area contributed by atoms with E-state index in [0.29, 0.717) is 0 Å². The van der Waals surface area contributed by atoms with Crippen molar-refractivity contribution in [2.45, 2.75) is 57.5 Å². The maximum absolute atomic E-state index is 6.48. The van der Waals surface area contributed by atoms with Crippen LogP contribution in [0.3, 0.4) is 0 Å². The molecule has 1 saturated heterocycles. The van der Waals surface area contributed by atoms with Crippen molar-refractivity contribution in [3.8, 4) is 0 Å². The van der Waals surface area contributed by atoms with Crippen molar-refractivity contribution in [2.75, 3.05) is 13.1 Å². The molecular formula is C16H27N3. The highest BCUT2D eigenvalue weighted by molar-refractivity contribution is 5.08. The van der Waals surface area contributed by atoms with Crippen LogP contribution in [0.4, 0.5) is 0 Å². The Bertz CT molecular complexity index is 367. The van der Waals surface area contributed by atoms with Crippen molar-refractivity contribution in [1.29, 1.82) is 0 Å². The maximum atomic E-state index is 6.48. The molecule has 1 aliphatic heterocycles. The summed E-state index contributed by atoms with van der Waals surface area (Å²) in [5.74, 6) is 0. The molecule has 3 nitrogen and oxygen atoms in total. The smallest absolute Gasteiger partial charge is 0.0419 e. The molecule has 2 rings (SSSR count). The Morgan fingerprint density at radius 2 is 1.89 bits per heavy atom. The van der Waals surface area contributed by atoms with E-state index in [0.717, 1.165) is 12.1 Å². The first-order valence-electron chi connectivity index (χ1n) is 7.51. The number of pyridine rings is 1. The molecule has 0 aliphatic carbocycles. The summed E-state index contributed by atoms with van der Waals surface area (Å²) in [7, 11) is 0. The highest BCUT2D eigenvalue weighted by Crippen LogP contribution is 2.24. The average molecular weight is 261 g/mol. The second-order valence-electron chi connectivity index (χ2n) is 6.19. The van der Waals surface area contributed by atoms with E-state index >= 15 is 0 Å². The monoisotopic (exact) mass is 261 g/mol. The van der Waals surface area contributed by atoms with Crippen LogP contribution in [0.1, 0.15) is 45.2 Å². The van der Waals surface area contributed by atoms with Crippen LogP contribution in [-0.4, -0.2) is 34.6 Å². The zero-order valence-corrected chi connectivity index (χ0v) is 12.3. The van der Waals surface area contributed by atoms with Crippen LogP contribution >= 0.6 is 0 Å². The fourth-order valence-electron chi connectivity index (χ4n) is 2.88. The van der Waals surface area contributed by atoms with Gasteiger partial charge in [-0.25, -0.2) is 0 Å². The maximum Gasteiger partial charge on any atom is 0.0419 e. The molecule has 0 saturated carbocycles. The summed E-state index contributed by atoms with van der Waals surface area (Å²) in [6.45, 7) is 6.93. The predicted molar refractivity (Wildman–Crippen MR) is 80.0 cm³/mol. The van der Waals surface area contributed by atoms with Crippen LogP contribution in [0, 0.1) is 0 Å². The van der Waals surface area contributed by atoms with Crippen LogP contribution in [0.15, 0.2) is 24.4 Å². The Balaban J connectivity index is 2.00. The van der Waals surface area contributed by atoms with E-state index in [2.05, 4.69) is 29.8 Å². The summed E-state index contributed by atoms with van der Waals surface area (Å²) in [6, 6.07) is 6.18. The molecule has 1 unspecified atom stereocenters. The van der Waals surface area contributed by atoms with Gasteiger partial charge in [-0.15, -0.1) is 0 Å². The summed E-state index contributed by atoms with van der Waals surface area (Å²) in [5.41, 5.74) is 7.62. The van der Waals surface area contributed by atoms with E-state index in [-0.39, 0.29) is 11.6 Å². The van der Waals surface area contributed by atoms with Gasteiger partial charge in [0, 0.05) is 29.9 Å². The quantitative estimate of drug-likeness (QED) is 0.906. The normalized spacial score (nSPS) is 19.9. The molecule has 106 valence electrons. The van der Waals surface area contributed by atoms with Gasteiger partial charge in [-0.3, -0.25) is 9.88 Å². The van der Waals surface area contributed by atoms with Crippen molar-refractivity contribution in [2.24, 2.45) is 5.73 Å². The molecule has 0 aromatic carbocycles. The molecule has 0 spiro atoms. The predicted octanol–water partition coefficient (Wildman–Crippen LogP) is 2.61. The zero-order chi connectivity index (χ0) is 13.7. The largest absolute Gasteiger partial charge is 0.326 e. The summed E-state index contributed by atoms with van der Waals surface area (Å²) in [5, 5.41) is 0. The van der Waals surface area contributed by atoms with Crippen molar-refractivity contribution in [3.05, 3.63) is 30.1 Å². The summed E-state index contributed by atoms with van der Waals surface area (Å²) < 4.78 is 0. The fraction of sp³-hybridized carbons (Fsp3) is 0.688. The first-order valence-corrected chi connectivity index (χ1v) is 7.51. The minimum atomic E-state index is 0.0435. The Kier molecular flexibility index (Phi) is 4.94. The van der Waals surface area contributed by atoms with Crippen LogP contribution in [0.25, 0.3) is 0 Å². The van der Waals surface area contributed by atoms with Crippen molar-refractivity contribution in [3.63, 3.8) is 0 Å². The van der Waals surface area contributed by atoms with Gasteiger partial charge >= 0.3 is 0 Å². The second kappa shape index (κ2) is 6.49. The lowest BCUT2D eigenvalue weighted by Crippen LogP contribution is -2.57. The minimum absolute atomic E-state index is 0.0435. The number of nitrogens with two attached hydrogens (primary N) is 1. The summed E-state index contributed by atoms with van der Waals surface area (Å²) >= 11 is 0. The third-order valence-corrected chi connectivity index (χ3v) is 4.48. The SMILES string of the molecule is CC(C)(C(N)Cc1ccccn1)N1CCCCCC1. The van der Waals surface area contributed by atoms with Gasteiger partial charge in [0.05, 0.1) is 0 Å². The molecule has 1 fully saturated rings. The van der Waals surface area contributed by atoms with Gasteiger partial charge in [0.15, 0.2) is 0 Å². The van der Waals surface area contributed by atoms with Gasteiger partial charge < -0.3 is 5.73 Å². The van der Waals surface area contributed by atoms with E-state index in [1.807, 2.05) is 18.3 Å². The van der Waals surface area contributed by atoms with Gasteiger partial charge in [0.25, 0.3) is 0 Å². The van der Waals surface area contributed by atoms with E-state index in [9.17, 15) is 0 Å². The lowest BCUT2D eigenvalue weighted by molar-refractivity contribution is 0.0976. The lowest BCUT2D eigenvalue weighted by atomic mass is 9.89. The van der Waals surface area contributed by atoms with Crippen LogP contribution in [0.2, 0.25) is 0 Å². The first kappa shape index (κ1) is 14.5. The molecule has 0 bridgehead atoms. The lowest BCUT2D eigenvalue weighted by Gasteiger charge is -2.42. The molecule has 2 N–H and O–H groups in total. The van der Waals surface area contributed by atoms with Gasteiger partial charge in [-0.2, -0.15) is 0 Å². The number of hydrogen-bond donors (Lipinski definition) is 1. The van der Waals surface area contributed by atoms with E-state index in [1.165, 1.54) is 38.8 Å². The molecule has 1 aromatic heterocycles. The molecule has 1 aliphatic rings. The molecule has 3 heteroatoms. The fourth-order valence-corrected chi connectivity index (χ4v) is 2.88. The minimum Gasteiger partial charge on any atom is -0.326 e. The molecule has 1 atom stereocenters. The number of rotatable bonds is 4. The Morgan fingerprint density at radius 3 is 2.47 bits per heavy atom. The molecule has 0 amide bonds. The van der Waals surface area contributed by atoms with E-state index < -0.39 is 0 Å². The summed E-state index contributed by atoms with van der Waals surface area (Å²) in [6.07, 6.45) is 8.04. The third kappa shape index (κ3) is 3.77. The Morgan fingerprint density at radius 1 is 1.21 bits per heavy atom. The standard InChI is InChI=1S/C16H27N3/c1-16(2,19-11-7-3-4-8-12-19)15(17)13-14-9-5-6-10-18-14/h5-6,9-10,15H,3-4,7-8,11-13,17H2,1-2H3. The van der Waals surface area contributed by atoms with Crippen molar-refractivity contribution in [1.82, 2.24) is 9.88 Å². The van der Waals surface area contributed by atoms with Crippen LogP contribution in [0.5, 0.6) is 0 Å². The first-order chi connectivity index (χ1) is 9.10. The van der Waals surface area contributed by atoms with Gasteiger partial charge in [-0.1, -0.05) is 18.9 Å². The summed E-state index contributed by atoms with van der Waals surface area (Å²) in [4.78, 5) is 6.97. The van der Waals surface area contributed by atoms with E-state index in [4.69, 9.17) is 5.73 Å². The van der Waals surface area contributed by atoms with E-state index in [1.54, 1.807) is 0 Å². The number of nitrogens with zero attached hydrogens (tertiary/aromatic N) is 2. The highest BCUT2D eigenvalue weighted by Gasteiger charge is 2.33. The topological polar surface area (TPSA) is 42.1 Å². The second-order valence-corrected chi connectivity index (χ2v) is 6.19. The number of aromatic nitrogens is 1. The molecule has 1 aromatic rings. The molecule has 19 heavy (non-hydrogen) atoms. The highest BCUT2D eigenvalue weighted by atomic mass is 15.2. The zero-order valence-electron chi connectivity index (χ0n) is 12.3. The molecule has 0 radical (unpaired) electrons. The number of likely N-dealkylation sites (tertiary alicyclic amines) is 1. The van der Waals surface area contributed by atoms with Crippen molar-refractivity contribution < 1.29 is 0 Å². The van der Waals surface area contributed by atoms with Crippen LogP contribution in [-0.2, 0) is 6.42 Å². The molecule has 2 heterocycles. The Labute approximate surface area is 117 Å². The number of hydrogen-bond acceptors (Lipinski definition) is 3. The third-order valence-electron chi connectivity index (χ3n) is 4.48. The van der Waals surface area contributed by atoms with Gasteiger partial charge in [0.1, 0.15) is 0 Å². The average Bonchev–Trinajstić information content (AvgIpc) is 2.69. The van der Waals surface area contributed by atoms with Gasteiger partial charge in [-0.05, 0) is 51.9 Å². The van der Waals surface area contributed by atoms with Crippen LogP contribution < -0.4 is 5.73 Å². The van der Waals surface area contributed by atoms with Gasteiger partial charge in [0.2, 0.25) is 0 Å². The molecular weight excluding hydrogens is 234 g/mol.